The van der Waals surface area contributed by atoms with Gasteiger partial charge in [0.05, 0.1) is 18.1 Å². The highest BCUT2D eigenvalue weighted by atomic mass is 16.6. The molecule has 0 fully saturated rings. The zero-order valence-corrected chi connectivity index (χ0v) is 10.1. The highest BCUT2D eigenvalue weighted by Gasteiger charge is 2.26. The summed E-state index contributed by atoms with van der Waals surface area (Å²) in [6.45, 7) is 9.03. The standard InChI is InChI=1S/C11H20O4/c1-8(2)14-7-9(6-12)15-10(13)11(3,4)5/h6,8-9H,7H2,1-5H3/t9-/m1/s1. The summed E-state index contributed by atoms with van der Waals surface area (Å²) < 4.78 is 10.2. The van der Waals surface area contributed by atoms with Crippen molar-refractivity contribution in [1.82, 2.24) is 0 Å². The maximum Gasteiger partial charge on any atom is 0.312 e. The van der Waals surface area contributed by atoms with Gasteiger partial charge in [-0.3, -0.25) is 9.59 Å². The number of aldehydes is 1. The molecule has 0 aliphatic rings. The Morgan fingerprint density at radius 2 is 1.87 bits per heavy atom. The van der Waals surface area contributed by atoms with Crippen molar-refractivity contribution in [2.75, 3.05) is 6.61 Å². The summed E-state index contributed by atoms with van der Waals surface area (Å²) >= 11 is 0. The van der Waals surface area contributed by atoms with E-state index in [-0.39, 0.29) is 12.7 Å². The van der Waals surface area contributed by atoms with Crippen LogP contribution in [0.1, 0.15) is 34.6 Å². The largest absolute Gasteiger partial charge is 0.452 e. The maximum absolute atomic E-state index is 11.4. The number of esters is 1. The van der Waals surface area contributed by atoms with E-state index in [4.69, 9.17) is 9.47 Å². The summed E-state index contributed by atoms with van der Waals surface area (Å²) in [6.07, 6.45) is -0.202. The van der Waals surface area contributed by atoms with E-state index in [0.717, 1.165) is 0 Å². The molecule has 0 radical (unpaired) electrons. The van der Waals surface area contributed by atoms with Crippen LogP contribution in [0.4, 0.5) is 0 Å². The van der Waals surface area contributed by atoms with E-state index in [0.29, 0.717) is 6.29 Å². The van der Waals surface area contributed by atoms with Gasteiger partial charge in [-0.1, -0.05) is 0 Å². The molecule has 1 atom stereocenters. The topological polar surface area (TPSA) is 52.6 Å². The molecule has 0 saturated carbocycles. The molecule has 0 bridgehead atoms. The molecular formula is C11H20O4. The third-order valence-corrected chi connectivity index (χ3v) is 1.62. The van der Waals surface area contributed by atoms with Gasteiger partial charge in [0.1, 0.15) is 0 Å². The van der Waals surface area contributed by atoms with Crippen LogP contribution in [0.5, 0.6) is 0 Å². The number of hydrogen-bond donors (Lipinski definition) is 0. The Morgan fingerprint density at radius 1 is 1.33 bits per heavy atom. The van der Waals surface area contributed by atoms with E-state index >= 15 is 0 Å². The maximum atomic E-state index is 11.4. The van der Waals surface area contributed by atoms with Crippen LogP contribution < -0.4 is 0 Å². The molecular weight excluding hydrogens is 196 g/mol. The molecule has 0 rings (SSSR count). The zero-order chi connectivity index (χ0) is 12.1. The van der Waals surface area contributed by atoms with Crippen LogP contribution in [-0.4, -0.2) is 31.1 Å². The molecule has 0 saturated heterocycles. The lowest BCUT2D eigenvalue weighted by molar-refractivity contribution is -0.164. The second-order valence-electron chi connectivity index (χ2n) is 4.71. The van der Waals surface area contributed by atoms with E-state index in [1.165, 1.54) is 0 Å². The molecule has 0 aromatic carbocycles. The van der Waals surface area contributed by atoms with Gasteiger partial charge in [-0.2, -0.15) is 0 Å². The SMILES string of the molecule is CC(C)OC[C@@H](C=O)OC(=O)C(C)(C)C. The van der Waals surface area contributed by atoms with E-state index in [9.17, 15) is 9.59 Å². The second-order valence-corrected chi connectivity index (χ2v) is 4.71. The molecule has 0 amide bonds. The predicted molar refractivity (Wildman–Crippen MR) is 56.5 cm³/mol. The molecule has 15 heavy (non-hydrogen) atoms. The zero-order valence-electron chi connectivity index (χ0n) is 10.1. The lowest BCUT2D eigenvalue weighted by Gasteiger charge is -2.20. The molecule has 0 heterocycles. The molecule has 4 heteroatoms. The fraction of sp³-hybridized carbons (Fsp3) is 0.818. The first-order chi connectivity index (χ1) is 6.77. The van der Waals surface area contributed by atoms with Gasteiger partial charge in [0.25, 0.3) is 0 Å². The summed E-state index contributed by atoms with van der Waals surface area (Å²) in [7, 11) is 0. The van der Waals surface area contributed by atoms with E-state index < -0.39 is 17.5 Å². The normalized spacial score (nSPS) is 13.7. The average Bonchev–Trinajstić information content (AvgIpc) is 2.09. The number of carbonyl (C=O) groups excluding carboxylic acids is 2. The molecule has 4 nitrogen and oxygen atoms in total. The lowest BCUT2D eigenvalue weighted by atomic mass is 9.97. The van der Waals surface area contributed by atoms with Crippen molar-refractivity contribution >= 4 is 12.3 Å². The molecule has 0 spiro atoms. The molecule has 0 unspecified atom stereocenters. The van der Waals surface area contributed by atoms with Gasteiger partial charge in [0.15, 0.2) is 12.4 Å². The smallest absolute Gasteiger partial charge is 0.312 e. The molecule has 0 N–H and O–H groups in total. The summed E-state index contributed by atoms with van der Waals surface area (Å²) in [4.78, 5) is 22.1. The molecule has 0 aliphatic carbocycles. The van der Waals surface area contributed by atoms with Crippen molar-refractivity contribution in [2.24, 2.45) is 5.41 Å². The first kappa shape index (κ1) is 14.1. The Hall–Kier alpha value is -0.900. The van der Waals surface area contributed by atoms with Gasteiger partial charge in [-0.15, -0.1) is 0 Å². The Labute approximate surface area is 90.9 Å². The van der Waals surface area contributed by atoms with Crippen molar-refractivity contribution in [3.05, 3.63) is 0 Å². The quantitative estimate of drug-likeness (QED) is 0.517. The van der Waals surface area contributed by atoms with Crippen LogP contribution in [0, 0.1) is 5.41 Å². The summed E-state index contributed by atoms with van der Waals surface area (Å²) in [6, 6.07) is 0. The minimum atomic E-state index is -0.806. The van der Waals surface area contributed by atoms with E-state index in [1.807, 2.05) is 13.8 Å². The van der Waals surface area contributed by atoms with Crippen molar-refractivity contribution in [3.8, 4) is 0 Å². The molecule has 0 aromatic rings. The van der Waals surface area contributed by atoms with Crippen LogP contribution in [0.25, 0.3) is 0 Å². The third-order valence-electron chi connectivity index (χ3n) is 1.62. The van der Waals surface area contributed by atoms with Gasteiger partial charge in [-0.05, 0) is 34.6 Å². The summed E-state index contributed by atoms with van der Waals surface area (Å²) in [5, 5.41) is 0. The van der Waals surface area contributed by atoms with Crippen molar-refractivity contribution in [2.45, 2.75) is 46.8 Å². The Balaban J connectivity index is 4.11. The Kier molecular flexibility index (Phi) is 5.50. The van der Waals surface area contributed by atoms with Gasteiger partial charge >= 0.3 is 5.97 Å². The monoisotopic (exact) mass is 216 g/mol. The number of hydrogen-bond acceptors (Lipinski definition) is 4. The van der Waals surface area contributed by atoms with Gasteiger partial charge in [-0.25, -0.2) is 0 Å². The minimum Gasteiger partial charge on any atom is -0.452 e. The Bertz CT molecular complexity index is 215. The Morgan fingerprint density at radius 3 is 2.20 bits per heavy atom. The average molecular weight is 216 g/mol. The number of rotatable bonds is 5. The van der Waals surface area contributed by atoms with Gasteiger partial charge in [0, 0.05) is 0 Å². The summed E-state index contributed by atoms with van der Waals surface area (Å²) in [5.74, 6) is -0.396. The number of ether oxygens (including phenoxy) is 2. The fourth-order valence-electron chi connectivity index (χ4n) is 0.703. The van der Waals surface area contributed by atoms with E-state index in [1.54, 1.807) is 20.8 Å². The van der Waals surface area contributed by atoms with Gasteiger partial charge < -0.3 is 9.47 Å². The second kappa shape index (κ2) is 5.85. The first-order valence-corrected chi connectivity index (χ1v) is 5.05. The lowest BCUT2D eigenvalue weighted by Crippen LogP contribution is -2.32. The summed E-state index contributed by atoms with van der Waals surface area (Å²) in [5.41, 5.74) is -0.598. The van der Waals surface area contributed by atoms with Crippen LogP contribution in [0.2, 0.25) is 0 Å². The van der Waals surface area contributed by atoms with Crippen molar-refractivity contribution in [1.29, 1.82) is 0 Å². The van der Waals surface area contributed by atoms with Crippen LogP contribution >= 0.6 is 0 Å². The van der Waals surface area contributed by atoms with Crippen LogP contribution in [0.15, 0.2) is 0 Å². The molecule has 88 valence electrons. The van der Waals surface area contributed by atoms with Gasteiger partial charge in [0.2, 0.25) is 0 Å². The highest BCUT2D eigenvalue weighted by Crippen LogP contribution is 2.16. The minimum absolute atomic E-state index is 0.0146. The van der Waals surface area contributed by atoms with E-state index in [2.05, 4.69) is 0 Å². The first-order valence-electron chi connectivity index (χ1n) is 5.05. The molecule has 0 aliphatic heterocycles. The highest BCUT2D eigenvalue weighted by molar-refractivity contribution is 5.77. The fourth-order valence-corrected chi connectivity index (χ4v) is 0.703. The van der Waals surface area contributed by atoms with Crippen LogP contribution in [-0.2, 0) is 19.1 Å². The number of carbonyl (C=O) groups is 2. The van der Waals surface area contributed by atoms with Crippen molar-refractivity contribution in [3.63, 3.8) is 0 Å². The third kappa shape index (κ3) is 6.23. The van der Waals surface area contributed by atoms with Crippen molar-refractivity contribution < 1.29 is 19.1 Å². The predicted octanol–water partition coefficient (Wildman–Crippen LogP) is 1.57. The molecule has 0 aromatic heterocycles. The van der Waals surface area contributed by atoms with Crippen LogP contribution in [0.3, 0.4) is 0 Å².